The van der Waals surface area contributed by atoms with Gasteiger partial charge in [0.25, 0.3) is 5.91 Å². The van der Waals surface area contributed by atoms with Gasteiger partial charge in [0, 0.05) is 23.5 Å². The predicted molar refractivity (Wildman–Crippen MR) is 83.5 cm³/mol. The number of hydrogen-bond donors (Lipinski definition) is 0. The molecule has 0 aliphatic carbocycles. The van der Waals surface area contributed by atoms with E-state index in [0.29, 0.717) is 21.7 Å². The molecule has 104 valence electrons. The first-order valence-corrected chi connectivity index (χ1v) is 8.33. The largest absolute Gasteiger partial charge is 0.336 e. The topological polar surface area (TPSA) is 20.3 Å². The molecule has 1 aliphatic heterocycles. The molecule has 19 heavy (non-hydrogen) atoms. The minimum absolute atomic E-state index is 0.0654. The van der Waals surface area contributed by atoms with Crippen LogP contribution in [0, 0.1) is 0 Å². The average molecular weight is 365 g/mol. The van der Waals surface area contributed by atoms with Gasteiger partial charge in [-0.05, 0) is 43.9 Å². The first-order chi connectivity index (χ1) is 9.13. The molecule has 0 aromatic heterocycles. The van der Waals surface area contributed by atoms with Gasteiger partial charge in [0.05, 0.1) is 10.0 Å². The Labute approximate surface area is 132 Å². The van der Waals surface area contributed by atoms with Crippen LogP contribution in [0.5, 0.6) is 0 Å². The van der Waals surface area contributed by atoms with Gasteiger partial charge in [-0.3, -0.25) is 4.79 Å². The van der Waals surface area contributed by atoms with Crippen molar-refractivity contribution in [2.45, 2.75) is 31.7 Å². The number of rotatable bonds is 4. The summed E-state index contributed by atoms with van der Waals surface area (Å²) < 4.78 is 0. The number of alkyl halides is 1. The summed E-state index contributed by atoms with van der Waals surface area (Å²) in [6, 6.07) is 5.45. The fraction of sp³-hybridized carbons (Fsp3) is 0.500. The molecule has 2 rings (SSSR count). The maximum absolute atomic E-state index is 12.5. The lowest BCUT2D eigenvalue weighted by Crippen LogP contribution is -2.35. The molecular weight excluding hydrogens is 349 g/mol. The van der Waals surface area contributed by atoms with Crippen molar-refractivity contribution in [2.24, 2.45) is 0 Å². The van der Waals surface area contributed by atoms with Crippen molar-refractivity contribution in [2.75, 3.05) is 11.9 Å². The molecule has 1 atom stereocenters. The van der Waals surface area contributed by atoms with E-state index in [2.05, 4.69) is 15.9 Å². The second kappa shape index (κ2) is 6.96. The van der Waals surface area contributed by atoms with Crippen molar-refractivity contribution in [1.29, 1.82) is 0 Å². The highest BCUT2D eigenvalue weighted by Gasteiger charge is 2.28. The molecule has 2 nitrogen and oxygen atoms in total. The van der Waals surface area contributed by atoms with Crippen LogP contribution in [-0.4, -0.2) is 28.7 Å². The molecule has 1 unspecified atom stereocenters. The van der Waals surface area contributed by atoms with Crippen LogP contribution in [0.4, 0.5) is 0 Å². The number of benzene rings is 1. The number of carbonyl (C=O) groups is 1. The van der Waals surface area contributed by atoms with Crippen LogP contribution in [0.2, 0.25) is 10.0 Å². The van der Waals surface area contributed by atoms with E-state index >= 15 is 0 Å². The third-order valence-corrected chi connectivity index (χ3v) is 4.78. The Morgan fingerprint density at radius 1 is 1.37 bits per heavy atom. The first kappa shape index (κ1) is 15.1. The summed E-state index contributed by atoms with van der Waals surface area (Å²) in [5.74, 6) is 0.0654. The minimum Gasteiger partial charge on any atom is -0.336 e. The average Bonchev–Trinajstić information content (AvgIpc) is 2.87. The zero-order valence-corrected chi connectivity index (χ0v) is 13.6. The highest BCUT2D eigenvalue weighted by atomic mass is 79.9. The molecule has 0 radical (unpaired) electrons. The Morgan fingerprint density at radius 2 is 2.16 bits per heavy atom. The smallest absolute Gasteiger partial charge is 0.254 e. The molecular formula is C14H16BrCl2NO. The van der Waals surface area contributed by atoms with Gasteiger partial charge in [-0.1, -0.05) is 39.1 Å². The molecule has 0 N–H and O–H groups in total. The molecule has 5 heteroatoms. The molecule has 1 aromatic rings. The summed E-state index contributed by atoms with van der Waals surface area (Å²) in [7, 11) is 0. The number of likely N-dealkylation sites (tertiary alicyclic amines) is 1. The quantitative estimate of drug-likeness (QED) is 0.704. The number of amides is 1. The van der Waals surface area contributed by atoms with E-state index in [0.717, 1.165) is 37.6 Å². The van der Waals surface area contributed by atoms with Crippen LogP contribution in [0.3, 0.4) is 0 Å². The fourth-order valence-electron chi connectivity index (χ4n) is 2.51. The van der Waals surface area contributed by atoms with Gasteiger partial charge < -0.3 is 4.90 Å². The lowest BCUT2D eigenvalue weighted by molar-refractivity contribution is 0.0730. The van der Waals surface area contributed by atoms with Gasteiger partial charge in [-0.2, -0.15) is 0 Å². The zero-order valence-electron chi connectivity index (χ0n) is 10.5. The summed E-state index contributed by atoms with van der Waals surface area (Å²) in [6.45, 7) is 0.839. The number of hydrogen-bond acceptors (Lipinski definition) is 1. The van der Waals surface area contributed by atoms with Gasteiger partial charge in [0.15, 0.2) is 0 Å². The van der Waals surface area contributed by atoms with E-state index < -0.39 is 0 Å². The second-order valence-corrected chi connectivity index (χ2v) is 6.36. The molecule has 1 aromatic carbocycles. The summed E-state index contributed by atoms with van der Waals surface area (Å²) in [5, 5.41) is 1.90. The van der Waals surface area contributed by atoms with E-state index in [1.54, 1.807) is 18.2 Å². The molecule has 1 heterocycles. The van der Waals surface area contributed by atoms with Crippen molar-refractivity contribution < 1.29 is 4.79 Å². The fourth-order valence-corrected chi connectivity index (χ4v) is 3.13. The number of carbonyl (C=O) groups excluding carboxylic acids is 1. The Morgan fingerprint density at radius 3 is 2.84 bits per heavy atom. The third kappa shape index (κ3) is 3.65. The Balaban J connectivity index is 2.11. The summed E-state index contributed by atoms with van der Waals surface area (Å²) in [5.41, 5.74) is 0.625. The molecule has 1 saturated heterocycles. The number of halogens is 3. The van der Waals surface area contributed by atoms with Gasteiger partial charge in [0.2, 0.25) is 0 Å². The molecule has 1 amide bonds. The normalized spacial score (nSPS) is 18.9. The van der Waals surface area contributed by atoms with Gasteiger partial charge in [-0.25, -0.2) is 0 Å². The second-order valence-electron chi connectivity index (χ2n) is 4.75. The monoisotopic (exact) mass is 363 g/mol. The van der Waals surface area contributed by atoms with Gasteiger partial charge in [-0.15, -0.1) is 0 Å². The molecule has 0 saturated carbocycles. The molecule has 1 fully saturated rings. The van der Waals surface area contributed by atoms with Crippen molar-refractivity contribution in [3.05, 3.63) is 33.8 Å². The summed E-state index contributed by atoms with van der Waals surface area (Å²) in [4.78, 5) is 14.5. The summed E-state index contributed by atoms with van der Waals surface area (Å²) in [6.07, 6.45) is 4.33. The molecule has 1 aliphatic rings. The van der Waals surface area contributed by atoms with Crippen LogP contribution in [0.1, 0.15) is 36.0 Å². The highest BCUT2D eigenvalue weighted by molar-refractivity contribution is 9.09. The zero-order chi connectivity index (χ0) is 13.8. The van der Waals surface area contributed by atoms with Crippen molar-refractivity contribution in [3.63, 3.8) is 0 Å². The van der Waals surface area contributed by atoms with Crippen molar-refractivity contribution >= 4 is 45.0 Å². The Bertz CT molecular complexity index is 467. The highest BCUT2D eigenvalue weighted by Crippen LogP contribution is 2.27. The van der Waals surface area contributed by atoms with Crippen LogP contribution in [0.25, 0.3) is 0 Å². The predicted octanol–water partition coefficient (Wildman–Crippen LogP) is 4.77. The summed E-state index contributed by atoms with van der Waals surface area (Å²) >= 11 is 15.3. The minimum atomic E-state index is 0.0654. The van der Waals surface area contributed by atoms with Crippen LogP contribution in [-0.2, 0) is 0 Å². The van der Waals surface area contributed by atoms with E-state index in [-0.39, 0.29) is 5.91 Å². The Kier molecular flexibility index (Phi) is 5.55. The lowest BCUT2D eigenvalue weighted by atomic mass is 10.1. The standard InChI is InChI=1S/C14H16BrCl2NO/c15-7-1-3-11-4-2-8-18(11)14(19)10-5-6-12(16)13(17)9-10/h5-6,9,11H,1-4,7-8H2. The van der Waals surface area contributed by atoms with Crippen LogP contribution < -0.4 is 0 Å². The molecule has 0 bridgehead atoms. The van der Waals surface area contributed by atoms with E-state index in [4.69, 9.17) is 23.2 Å². The lowest BCUT2D eigenvalue weighted by Gasteiger charge is -2.24. The van der Waals surface area contributed by atoms with E-state index in [1.165, 1.54) is 0 Å². The SMILES string of the molecule is O=C(c1ccc(Cl)c(Cl)c1)N1CCCC1CCCBr. The number of nitrogens with zero attached hydrogens (tertiary/aromatic N) is 1. The van der Waals surface area contributed by atoms with Crippen LogP contribution in [0.15, 0.2) is 18.2 Å². The van der Waals surface area contributed by atoms with Crippen molar-refractivity contribution in [3.8, 4) is 0 Å². The third-order valence-electron chi connectivity index (χ3n) is 3.48. The maximum Gasteiger partial charge on any atom is 0.254 e. The maximum atomic E-state index is 12.5. The molecule has 0 spiro atoms. The Hall–Kier alpha value is -0.250. The van der Waals surface area contributed by atoms with Gasteiger partial charge in [0.1, 0.15) is 0 Å². The first-order valence-electron chi connectivity index (χ1n) is 6.45. The van der Waals surface area contributed by atoms with Crippen LogP contribution >= 0.6 is 39.1 Å². The van der Waals surface area contributed by atoms with Crippen molar-refractivity contribution in [1.82, 2.24) is 4.90 Å². The van der Waals surface area contributed by atoms with Gasteiger partial charge >= 0.3 is 0 Å². The van der Waals surface area contributed by atoms with E-state index in [1.807, 2.05) is 4.90 Å². The van der Waals surface area contributed by atoms with E-state index in [9.17, 15) is 4.79 Å².